The molecule has 0 aliphatic carbocycles. The zero-order chi connectivity index (χ0) is 13.9. The third-order valence-corrected chi connectivity index (χ3v) is 4.07. The molecule has 0 radical (unpaired) electrons. The maximum atomic E-state index is 12.0. The number of rotatable bonds is 4. The van der Waals surface area contributed by atoms with Gasteiger partial charge in [-0.1, -0.05) is 0 Å². The normalized spacial score (nSPS) is 11.5. The lowest BCUT2D eigenvalue weighted by Gasteiger charge is -2.06. The molecule has 0 saturated heterocycles. The van der Waals surface area contributed by atoms with Gasteiger partial charge in [-0.05, 0) is 35.0 Å². The highest BCUT2D eigenvalue weighted by Crippen LogP contribution is 2.14. The number of nitrogens with zero attached hydrogens (tertiary/aromatic N) is 3. The molecular weight excluding hydrogens is 332 g/mol. The molecule has 2 heterocycles. The molecule has 19 heavy (non-hydrogen) atoms. The first kappa shape index (κ1) is 14.0. The lowest BCUT2D eigenvalue weighted by molar-refractivity contribution is 0.579. The van der Waals surface area contributed by atoms with Crippen LogP contribution in [0.25, 0.3) is 0 Å². The number of pyridine rings is 1. The van der Waals surface area contributed by atoms with Crippen LogP contribution in [-0.2, 0) is 16.6 Å². The number of halogens is 1. The van der Waals surface area contributed by atoms with Crippen LogP contribution in [-0.4, -0.2) is 23.4 Å². The first-order valence-electron chi connectivity index (χ1n) is 5.36. The molecule has 6 nitrogen and oxygen atoms in total. The number of sulfonamides is 1. The summed E-state index contributed by atoms with van der Waals surface area (Å²) in [5, 5.41) is 0. The Morgan fingerprint density at radius 1 is 1.37 bits per heavy atom. The fourth-order valence-corrected chi connectivity index (χ4v) is 2.90. The topological polar surface area (TPSA) is 84.8 Å². The average molecular weight is 343 g/mol. The van der Waals surface area contributed by atoms with E-state index in [1.165, 1.54) is 18.5 Å². The first-order valence-corrected chi connectivity index (χ1v) is 7.64. The summed E-state index contributed by atoms with van der Waals surface area (Å²) in [5.41, 5.74) is 0.610. The molecule has 0 spiro atoms. The highest BCUT2D eigenvalue weighted by molar-refractivity contribution is 9.10. The molecule has 0 fully saturated rings. The first-order chi connectivity index (χ1) is 8.97. The van der Waals surface area contributed by atoms with Gasteiger partial charge in [0.15, 0.2) is 0 Å². The van der Waals surface area contributed by atoms with Crippen molar-refractivity contribution in [3.8, 4) is 0 Å². The van der Waals surface area contributed by atoms with E-state index in [4.69, 9.17) is 0 Å². The summed E-state index contributed by atoms with van der Waals surface area (Å²) in [4.78, 5) is 12.0. The Hall–Kier alpha value is -1.38. The monoisotopic (exact) mass is 342 g/mol. The number of nitrogens with one attached hydrogen (secondary N) is 1. The molecule has 100 valence electrons. The molecule has 0 unspecified atom stereocenters. The molecule has 0 aliphatic heterocycles. The van der Waals surface area contributed by atoms with Crippen molar-refractivity contribution in [1.29, 1.82) is 0 Å². The Morgan fingerprint density at radius 2 is 2.16 bits per heavy atom. The summed E-state index contributed by atoms with van der Waals surface area (Å²) in [6.45, 7) is 1.86. The van der Waals surface area contributed by atoms with E-state index in [2.05, 4.69) is 35.6 Å². The predicted molar refractivity (Wildman–Crippen MR) is 72.7 cm³/mol. The van der Waals surface area contributed by atoms with Crippen molar-refractivity contribution in [3.05, 3.63) is 46.7 Å². The van der Waals surface area contributed by atoms with Gasteiger partial charge in [0.2, 0.25) is 10.0 Å². The van der Waals surface area contributed by atoms with Gasteiger partial charge in [0.1, 0.15) is 10.7 Å². The van der Waals surface area contributed by atoms with E-state index in [0.29, 0.717) is 16.0 Å². The Morgan fingerprint density at radius 3 is 2.84 bits per heavy atom. The Labute approximate surface area is 119 Å². The third-order valence-electron chi connectivity index (χ3n) is 2.27. The quantitative estimate of drug-likeness (QED) is 0.908. The van der Waals surface area contributed by atoms with Gasteiger partial charge < -0.3 is 0 Å². The van der Waals surface area contributed by atoms with Gasteiger partial charge in [0.05, 0.1) is 12.2 Å². The van der Waals surface area contributed by atoms with Crippen LogP contribution in [0.15, 0.2) is 40.1 Å². The summed E-state index contributed by atoms with van der Waals surface area (Å²) in [5.74, 6) is 0.598. The minimum absolute atomic E-state index is 0.104. The van der Waals surface area contributed by atoms with Crippen molar-refractivity contribution in [2.24, 2.45) is 0 Å². The molecule has 1 N–H and O–H groups in total. The highest BCUT2D eigenvalue weighted by atomic mass is 79.9. The summed E-state index contributed by atoms with van der Waals surface area (Å²) < 4.78 is 27.1. The lowest BCUT2D eigenvalue weighted by Crippen LogP contribution is -2.24. The van der Waals surface area contributed by atoms with Gasteiger partial charge in [0, 0.05) is 23.1 Å². The molecular formula is C11H11BrN4O2S. The van der Waals surface area contributed by atoms with Crippen molar-refractivity contribution in [2.45, 2.75) is 18.4 Å². The molecule has 0 atom stereocenters. The minimum atomic E-state index is -3.60. The summed E-state index contributed by atoms with van der Waals surface area (Å²) >= 11 is 3.18. The van der Waals surface area contributed by atoms with Crippen molar-refractivity contribution in [2.75, 3.05) is 0 Å². The van der Waals surface area contributed by atoms with Gasteiger partial charge in [-0.2, -0.15) is 0 Å². The van der Waals surface area contributed by atoms with Gasteiger partial charge in [-0.25, -0.2) is 23.1 Å². The zero-order valence-corrected chi connectivity index (χ0v) is 12.4. The van der Waals surface area contributed by atoms with E-state index < -0.39 is 10.0 Å². The maximum Gasteiger partial charge on any atom is 0.242 e. The molecule has 2 rings (SSSR count). The van der Waals surface area contributed by atoms with Crippen LogP contribution in [0, 0.1) is 6.92 Å². The van der Waals surface area contributed by atoms with Crippen LogP contribution in [0.2, 0.25) is 0 Å². The van der Waals surface area contributed by atoms with Crippen LogP contribution < -0.4 is 4.72 Å². The molecule has 0 aliphatic rings. The average Bonchev–Trinajstić information content (AvgIpc) is 2.37. The highest BCUT2D eigenvalue weighted by Gasteiger charge is 2.14. The lowest BCUT2D eigenvalue weighted by atomic mass is 10.4. The molecule has 2 aromatic heterocycles. The van der Waals surface area contributed by atoms with Crippen molar-refractivity contribution in [3.63, 3.8) is 0 Å². The second-order valence-electron chi connectivity index (χ2n) is 3.76. The van der Waals surface area contributed by atoms with Crippen LogP contribution in [0.5, 0.6) is 0 Å². The van der Waals surface area contributed by atoms with E-state index in [-0.39, 0.29) is 11.4 Å². The minimum Gasteiger partial charge on any atom is -0.262 e. The largest absolute Gasteiger partial charge is 0.262 e. The van der Waals surface area contributed by atoms with Gasteiger partial charge in [-0.15, -0.1) is 0 Å². The van der Waals surface area contributed by atoms with Crippen molar-refractivity contribution < 1.29 is 8.42 Å². The number of hydrogen-bond donors (Lipinski definition) is 1. The number of aryl methyl sites for hydroxylation is 1. The zero-order valence-electron chi connectivity index (χ0n) is 10.0. The van der Waals surface area contributed by atoms with E-state index in [0.717, 1.165) is 0 Å². The molecule has 0 amide bonds. The maximum absolute atomic E-state index is 12.0. The van der Waals surface area contributed by atoms with Crippen LogP contribution in [0.4, 0.5) is 0 Å². The van der Waals surface area contributed by atoms with Gasteiger partial charge >= 0.3 is 0 Å². The molecule has 2 aromatic rings. The van der Waals surface area contributed by atoms with Crippen molar-refractivity contribution >= 4 is 26.0 Å². The second kappa shape index (κ2) is 5.72. The molecule has 0 saturated carbocycles. The second-order valence-corrected chi connectivity index (χ2v) is 6.44. The molecule has 0 aromatic carbocycles. The van der Waals surface area contributed by atoms with Crippen molar-refractivity contribution in [1.82, 2.24) is 19.7 Å². The Bertz CT molecular complexity index is 691. The molecule has 8 heteroatoms. The number of aromatic nitrogens is 3. The van der Waals surface area contributed by atoms with Gasteiger partial charge in [-0.3, -0.25) is 4.98 Å². The third kappa shape index (κ3) is 3.79. The van der Waals surface area contributed by atoms with E-state index in [9.17, 15) is 8.42 Å². The fourth-order valence-electron chi connectivity index (χ4n) is 1.40. The summed E-state index contributed by atoms with van der Waals surface area (Å²) in [6, 6.07) is 3.15. The summed E-state index contributed by atoms with van der Waals surface area (Å²) in [7, 11) is -3.60. The van der Waals surface area contributed by atoms with E-state index in [1.54, 1.807) is 19.2 Å². The standard InChI is InChI=1S/C11H11BrN4O2S/c1-8-14-3-2-10(16-8)6-15-19(17,18)11-4-9(12)5-13-7-11/h2-5,7,15H,6H2,1H3. The van der Waals surface area contributed by atoms with E-state index in [1.807, 2.05) is 0 Å². The fraction of sp³-hybridized carbons (Fsp3) is 0.182. The molecule has 0 bridgehead atoms. The summed E-state index contributed by atoms with van der Waals surface area (Å²) in [6.07, 6.45) is 4.40. The Kier molecular flexibility index (Phi) is 4.23. The van der Waals surface area contributed by atoms with Gasteiger partial charge in [0.25, 0.3) is 0 Å². The van der Waals surface area contributed by atoms with Crippen LogP contribution in [0.3, 0.4) is 0 Å². The van der Waals surface area contributed by atoms with Crippen LogP contribution >= 0.6 is 15.9 Å². The SMILES string of the molecule is Cc1nccc(CNS(=O)(=O)c2cncc(Br)c2)n1. The smallest absolute Gasteiger partial charge is 0.242 e. The van der Waals surface area contributed by atoms with E-state index >= 15 is 0 Å². The number of hydrogen-bond acceptors (Lipinski definition) is 5. The predicted octanol–water partition coefficient (Wildman–Crippen LogP) is 1.42. The Balaban J connectivity index is 2.14. The van der Waals surface area contributed by atoms with Crippen LogP contribution in [0.1, 0.15) is 11.5 Å².